The molecule has 6 nitrogen and oxygen atoms in total. The Bertz CT molecular complexity index is 429. The predicted octanol–water partition coefficient (Wildman–Crippen LogP) is 0.813. The number of hydrogen-bond acceptors (Lipinski definition) is 3. The zero-order chi connectivity index (χ0) is 13.0. The molecule has 1 rings (SSSR count). The van der Waals surface area contributed by atoms with Crippen LogP contribution in [-0.2, 0) is 10.4 Å². The van der Waals surface area contributed by atoms with Gasteiger partial charge in [-0.15, -0.1) is 0 Å². The lowest BCUT2D eigenvalue weighted by atomic mass is 10.2. The standard InChI is InChI=1S/C9H15N2.H2O4S/c1-11(2,3)9-6-4-5-8(10)7-9;1-5(2,3)4/h4-7H,10H2,1-3H3;(H2,1,2,3,4)/q+1;. The minimum absolute atomic E-state index is 0.811. The summed E-state index contributed by atoms with van der Waals surface area (Å²) in [5.74, 6) is 0. The fourth-order valence-corrected chi connectivity index (χ4v) is 0.942. The maximum atomic E-state index is 8.74. The van der Waals surface area contributed by atoms with Crippen LogP contribution < -0.4 is 10.2 Å². The van der Waals surface area contributed by atoms with Gasteiger partial charge in [0, 0.05) is 11.8 Å². The Morgan fingerprint density at radius 3 is 1.88 bits per heavy atom. The first-order valence-corrected chi connectivity index (χ1v) is 5.77. The quantitative estimate of drug-likeness (QED) is 0.388. The number of nitrogens with zero attached hydrogens (tertiary/aromatic N) is 1. The predicted molar refractivity (Wildman–Crippen MR) is 64.6 cm³/mol. The normalized spacial score (nSPS) is 11.6. The van der Waals surface area contributed by atoms with Crippen LogP contribution in [0.3, 0.4) is 0 Å². The monoisotopic (exact) mass is 249 g/mol. The Kier molecular flexibility index (Phi) is 4.88. The van der Waals surface area contributed by atoms with Crippen molar-refractivity contribution in [1.82, 2.24) is 4.48 Å². The Labute approximate surface area is 95.5 Å². The Hall–Kier alpha value is -1.15. The molecule has 1 aromatic rings. The molecule has 0 aliphatic heterocycles. The molecule has 1 aromatic carbocycles. The zero-order valence-electron chi connectivity index (χ0n) is 9.45. The number of benzene rings is 1. The molecular weight excluding hydrogens is 232 g/mol. The Balaban J connectivity index is 0.000000385. The highest BCUT2D eigenvalue weighted by molar-refractivity contribution is 7.79. The highest BCUT2D eigenvalue weighted by Crippen LogP contribution is 2.18. The second kappa shape index (κ2) is 5.26. The topological polar surface area (TPSA) is 101 Å². The van der Waals surface area contributed by atoms with E-state index in [1.807, 2.05) is 18.2 Å². The molecule has 0 aliphatic carbocycles. The Morgan fingerprint density at radius 2 is 1.62 bits per heavy atom. The van der Waals surface area contributed by atoms with Crippen molar-refractivity contribution in [3.8, 4) is 0 Å². The van der Waals surface area contributed by atoms with Crippen molar-refractivity contribution < 1.29 is 17.5 Å². The number of quaternary nitrogens is 1. The second-order valence-corrected chi connectivity index (χ2v) is 4.95. The summed E-state index contributed by atoms with van der Waals surface area (Å²) >= 11 is 0. The van der Waals surface area contributed by atoms with Crippen LogP contribution in [0.25, 0.3) is 0 Å². The van der Waals surface area contributed by atoms with Gasteiger partial charge in [-0.1, -0.05) is 6.07 Å². The molecule has 0 amide bonds. The fraction of sp³-hybridized carbons (Fsp3) is 0.333. The van der Waals surface area contributed by atoms with Gasteiger partial charge in [0.2, 0.25) is 0 Å². The number of hydrogen-bond donors (Lipinski definition) is 3. The van der Waals surface area contributed by atoms with Crippen molar-refractivity contribution in [3.05, 3.63) is 24.3 Å². The lowest BCUT2D eigenvalue weighted by Crippen LogP contribution is -2.34. The molecular formula is C9H17N2O4S+. The first kappa shape index (κ1) is 14.8. The number of anilines is 1. The third-order valence-corrected chi connectivity index (χ3v) is 1.64. The summed E-state index contributed by atoms with van der Waals surface area (Å²) in [4.78, 5) is 0. The van der Waals surface area contributed by atoms with Crippen molar-refractivity contribution in [3.63, 3.8) is 0 Å². The number of nitrogen functional groups attached to an aromatic ring is 1. The molecule has 0 atom stereocenters. The maximum Gasteiger partial charge on any atom is 0.394 e. The summed E-state index contributed by atoms with van der Waals surface area (Å²) in [6, 6.07) is 7.96. The van der Waals surface area contributed by atoms with Crippen LogP contribution in [0.4, 0.5) is 11.4 Å². The van der Waals surface area contributed by atoms with E-state index in [0.29, 0.717) is 0 Å². The van der Waals surface area contributed by atoms with Crippen LogP contribution in [0.5, 0.6) is 0 Å². The van der Waals surface area contributed by atoms with Crippen LogP contribution in [0.15, 0.2) is 24.3 Å². The van der Waals surface area contributed by atoms with Crippen molar-refractivity contribution in [2.75, 3.05) is 26.9 Å². The summed E-state index contributed by atoms with van der Waals surface area (Å²) in [6.45, 7) is 0. The molecule has 0 aromatic heterocycles. The van der Waals surface area contributed by atoms with Gasteiger partial charge in [0.1, 0.15) is 5.69 Å². The number of nitrogens with two attached hydrogens (primary N) is 1. The molecule has 0 radical (unpaired) electrons. The molecule has 0 heterocycles. The smallest absolute Gasteiger partial charge is 0.394 e. The van der Waals surface area contributed by atoms with Gasteiger partial charge < -0.3 is 5.73 Å². The van der Waals surface area contributed by atoms with Gasteiger partial charge in [0.15, 0.2) is 0 Å². The van der Waals surface area contributed by atoms with Crippen molar-refractivity contribution in [2.24, 2.45) is 0 Å². The highest BCUT2D eigenvalue weighted by Gasteiger charge is 2.10. The lowest BCUT2D eigenvalue weighted by molar-refractivity contribution is 0.381. The molecule has 16 heavy (non-hydrogen) atoms. The van der Waals surface area contributed by atoms with Gasteiger partial charge in [0.05, 0.1) is 21.1 Å². The molecule has 0 aliphatic rings. The van der Waals surface area contributed by atoms with Crippen molar-refractivity contribution in [1.29, 1.82) is 0 Å². The molecule has 92 valence electrons. The summed E-state index contributed by atoms with van der Waals surface area (Å²) in [6.07, 6.45) is 0. The third-order valence-electron chi connectivity index (χ3n) is 1.64. The summed E-state index contributed by atoms with van der Waals surface area (Å²) in [5, 5.41) is 0. The SMILES string of the molecule is C[N+](C)(C)c1cccc(N)c1.O=S(=O)(O)O. The first-order chi connectivity index (χ1) is 7.00. The lowest BCUT2D eigenvalue weighted by Gasteiger charge is -2.23. The molecule has 0 saturated heterocycles. The number of rotatable bonds is 1. The summed E-state index contributed by atoms with van der Waals surface area (Å²) in [5.41, 5.74) is 7.70. The molecule has 0 unspecified atom stereocenters. The summed E-state index contributed by atoms with van der Waals surface area (Å²) in [7, 11) is 1.69. The van der Waals surface area contributed by atoms with Gasteiger partial charge in [-0.2, -0.15) is 8.42 Å². The van der Waals surface area contributed by atoms with E-state index in [1.165, 1.54) is 5.69 Å². The molecule has 4 N–H and O–H groups in total. The van der Waals surface area contributed by atoms with E-state index < -0.39 is 10.4 Å². The van der Waals surface area contributed by atoms with Gasteiger partial charge >= 0.3 is 10.4 Å². The second-order valence-electron chi connectivity index (χ2n) is 4.06. The van der Waals surface area contributed by atoms with Crippen LogP contribution in [0.1, 0.15) is 0 Å². The van der Waals surface area contributed by atoms with Crippen LogP contribution >= 0.6 is 0 Å². The largest absolute Gasteiger partial charge is 0.399 e. The van der Waals surface area contributed by atoms with Crippen molar-refractivity contribution >= 4 is 21.8 Å². The van der Waals surface area contributed by atoms with Gasteiger partial charge in [-0.25, -0.2) is 0 Å². The van der Waals surface area contributed by atoms with Crippen LogP contribution in [-0.4, -0.2) is 38.7 Å². The van der Waals surface area contributed by atoms with E-state index >= 15 is 0 Å². The average molecular weight is 249 g/mol. The molecule has 0 fully saturated rings. The van der Waals surface area contributed by atoms with E-state index in [9.17, 15) is 0 Å². The average Bonchev–Trinajstić information content (AvgIpc) is 1.99. The minimum atomic E-state index is -4.67. The Morgan fingerprint density at radius 1 is 1.19 bits per heavy atom. The fourth-order valence-electron chi connectivity index (χ4n) is 0.942. The molecule has 0 saturated carbocycles. The van der Waals surface area contributed by atoms with Crippen LogP contribution in [0.2, 0.25) is 0 Å². The first-order valence-electron chi connectivity index (χ1n) is 4.37. The van der Waals surface area contributed by atoms with E-state index in [0.717, 1.165) is 10.2 Å². The highest BCUT2D eigenvalue weighted by atomic mass is 32.3. The van der Waals surface area contributed by atoms with Gasteiger partial charge in [0.25, 0.3) is 0 Å². The van der Waals surface area contributed by atoms with E-state index in [-0.39, 0.29) is 0 Å². The zero-order valence-corrected chi connectivity index (χ0v) is 10.3. The third kappa shape index (κ3) is 8.18. The van der Waals surface area contributed by atoms with Crippen molar-refractivity contribution in [2.45, 2.75) is 0 Å². The molecule has 0 spiro atoms. The van der Waals surface area contributed by atoms with E-state index in [2.05, 4.69) is 27.2 Å². The van der Waals surface area contributed by atoms with Crippen LogP contribution in [0, 0.1) is 0 Å². The van der Waals surface area contributed by atoms with E-state index in [1.54, 1.807) is 0 Å². The van der Waals surface area contributed by atoms with Gasteiger partial charge in [-0.05, 0) is 12.1 Å². The molecule has 7 heteroatoms. The maximum absolute atomic E-state index is 8.74. The van der Waals surface area contributed by atoms with E-state index in [4.69, 9.17) is 23.3 Å². The summed E-state index contributed by atoms with van der Waals surface area (Å²) < 4.78 is 32.4. The van der Waals surface area contributed by atoms with Gasteiger partial charge in [-0.3, -0.25) is 13.6 Å². The minimum Gasteiger partial charge on any atom is -0.399 e. The molecule has 0 bridgehead atoms.